The summed E-state index contributed by atoms with van der Waals surface area (Å²) in [6.07, 6.45) is 42.0. The van der Waals surface area contributed by atoms with Gasteiger partial charge in [-0.05, 0) is 12.8 Å². The van der Waals surface area contributed by atoms with Gasteiger partial charge in [0.15, 0.2) is 0 Å². The molecule has 0 saturated carbocycles. The van der Waals surface area contributed by atoms with Gasteiger partial charge in [0.25, 0.3) is 0 Å². The van der Waals surface area contributed by atoms with E-state index < -0.39 is 0 Å². The van der Waals surface area contributed by atoms with E-state index in [0.717, 1.165) is 25.9 Å². The van der Waals surface area contributed by atoms with Crippen LogP contribution in [0.4, 0.5) is 0 Å². The first-order valence-corrected chi connectivity index (χ1v) is 17.2. The maximum Gasteiger partial charge on any atom is 0.0238 e. The lowest BCUT2D eigenvalue weighted by atomic mass is 10.0. The molecule has 0 aliphatic heterocycles. The maximum absolute atomic E-state index is 10.1. The number of rotatable bonds is 32. The maximum atomic E-state index is 10.1. The van der Waals surface area contributed by atoms with Gasteiger partial charge in [0.2, 0.25) is 0 Å². The van der Waals surface area contributed by atoms with Gasteiger partial charge in [-0.25, -0.2) is 0 Å². The summed E-state index contributed by atoms with van der Waals surface area (Å²) in [5.74, 6) is 0. The van der Waals surface area contributed by atoms with Crippen LogP contribution in [0.2, 0.25) is 0 Å². The lowest BCUT2D eigenvalue weighted by Crippen LogP contribution is -2.21. The minimum absolute atomic E-state index is 0.872. The number of hydrogen-bond acceptors (Lipinski definition) is 2. The fourth-order valence-electron chi connectivity index (χ4n) is 5.44. The van der Waals surface area contributed by atoms with E-state index in [2.05, 4.69) is 13.8 Å². The van der Waals surface area contributed by atoms with Crippen molar-refractivity contribution in [2.45, 2.75) is 206 Å². The van der Waals surface area contributed by atoms with Crippen LogP contribution >= 0.6 is 0 Å². The molecule has 0 bridgehead atoms. The molecule has 1 N–H and O–H groups in total. The lowest BCUT2D eigenvalue weighted by molar-refractivity contribution is -0.0925. The fraction of sp³-hybridized carbons (Fsp3) is 1.00. The minimum Gasteiger partial charge on any atom is -0.314 e. The summed E-state index contributed by atoms with van der Waals surface area (Å²) in [5.41, 5.74) is 0. The monoisotopic (exact) mass is 510 g/mol. The molecule has 2 nitrogen and oxygen atoms in total. The average molecular weight is 510 g/mol. The van der Waals surface area contributed by atoms with Gasteiger partial charge >= 0.3 is 0 Å². The standard InChI is InChI=1S/C34H71NO/c1-3-5-7-9-11-13-15-17-19-20-22-24-26-28-30-32-34-35(36)33-31-29-27-25-23-21-18-16-14-12-10-8-6-4-2/h36H,3-34H2,1-2H3. The van der Waals surface area contributed by atoms with Crippen LogP contribution in [0.25, 0.3) is 0 Å². The smallest absolute Gasteiger partial charge is 0.0238 e. The lowest BCUT2D eigenvalue weighted by Gasteiger charge is -2.14. The van der Waals surface area contributed by atoms with Crippen molar-refractivity contribution in [1.82, 2.24) is 5.06 Å². The van der Waals surface area contributed by atoms with Crippen LogP contribution in [0, 0.1) is 0 Å². The first kappa shape index (κ1) is 35.9. The summed E-state index contributed by atoms with van der Waals surface area (Å²) < 4.78 is 0. The number of nitrogens with zero attached hydrogens (tertiary/aromatic N) is 1. The number of hydrogen-bond donors (Lipinski definition) is 1. The Morgan fingerprint density at radius 2 is 0.444 bits per heavy atom. The Kier molecular flexibility index (Phi) is 32.9. The molecule has 0 aliphatic carbocycles. The zero-order valence-corrected chi connectivity index (χ0v) is 25.5. The second kappa shape index (κ2) is 32.9. The summed E-state index contributed by atoms with van der Waals surface area (Å²) >= 11 is 0. The molecule has 0 spiro atoms. The molecular weight excluding hydrogens is 438 g/mol. The van der Waals surface area contributed by atoms with Crippen molar-refractivity contribution < 1.29 is 5.21 Å². The Balaban J connectivity index is 3.13. The second-order valence-corrected chi connectivity index (χ2v) is 11.9. The van der Waals surface area contributed by atoms with Crippen LogP contribution in [0.5, 0.6) is 0 Å². The van der Waals surface area contributed by atoms with E-state index in [1.54, 1.807) is 5.06 Å². The van der Waals surface area contributed by atoms with Gasteiger partial charge in [0.1, 0.15) is 0 Å². The zero-order chi connectivity index (χ0) is 26.2. The molecule has 0 amide bonds. The van der Waals surface area contributed by atoms with Crippen LogP contribution in [-0.4, -0.2) is 23.4 Å². The molecule has 0 aliphatic rings. The predicted molar refractivity (Wildman–Crippen MR) is 163 cm³/mol. The topological polar surface area (TPSA) is 23.5 Å². The fourth-order valence-corrected chi connectivity index (χ4v) is 5.44. The van der Waals surface area contributed by atoms with E-state index in [0.29, 0.717) is 0 Å². The third kappa shape index (κ3) is 31.9. The zero-order valence-electron chi connectivity index (χ0n) is 25.5. The molecule has 0 heterocycles. The van der Waals surface area contributed by atoms with Gasteiger partial charge in [-0.2, -0.15) is 5.06 Å². The molecular formula is C34H71NO. The van der Waals surface area contributed by atoms with Gasteiger partial charge < -0.3 is 5.21 Å². The van der Waals surface area contributed by atoms with E-state index >= 15 is 0 Å². The van der Waals surface area contributed by atoms with Crippen molar-refractivity contribution in [3.05, 3.63) is 0 Å². The van der Waals surface area contributed by atoms with Gasteiger partial charge in [0.05, 0.1) is 0 Å². The van der Waals surface area contributed by atoms with Crippen molar-refractivity contribution in [1.29, 1.82) is 0 Å². The summed E-state index contributed by atoms with van der Waals surface area (Å²) in [4.78, 5) is 0. The molecule has 0 aromatic carbocycles. The largest absolute Gasteiger partial charge is 0.314 e. The minimum atomic E-state index is 0.872. The number of hydroxylamine groups is 2. The summed E-state index contributed by atoms with van der Waals surface area (Å²) in [6, 6.07) is 0. The van der Waals surface area contributed by atoms with Gasteiger partial charge in [-0.3, -0.25) is 0 Å². The first-order chi connectivity index (χ1) is 17.8. The van der Waals surface area contributed by atoms with E-state index in [4.69, 9.17) is 0 Å². The highest BCUT2D eigenvalue weighted by molar-refractivity contribution is 4.53. The van der Waals surface area contributed by atoms with Gasteiger partial charge in [0, 0.05) is 13.1 Å². The second-order valence-electron chi connectivity index (χ2n) is 11.9. The van der Waals surface area contributed by atoms with Crippen LogP contribution in [-0.2, 0) is 0 Å². The highest BCUT2D eigenvalue weighted by Gasteiger charge is 2.01. The SMILES string of the molecule is CCCCCCCCCCCCCCCCCCN(O)CCCCCCCCCCCCCCCC. The molecule has 36 heavy (non-hydrogen) atoms. The Morgan fingerprint density at radius 3 is 0.639 bits per heavy atom. The molecule has 0 unspecified atom stereocenters. The van der Waals surface area contributed by atoms with E-state index in [1.165, 1.54) is 180 Å². The van der Waals surface area contributed by atoms with Crippen LogP contribution < -0.4 is 0 Å². The van der Waals surface area contributed by atoms with E-state index in [1.807, 2.05) is 0 Å². The molecule has 0 aromatic heterocycles. The van der Waals surface area contributed by atoms with E-state index in [9.17, 15) is 5.21 Å². The molecule has 0 rings (SSSR count). The third-order valence-corrected chi connectivity index (χ3v) is 8.04. The molecule has 0 aromatic rings. The molecule has 2 heteroatoms. The normalized spacial score (nSPS) is 11.7. The Hall–Kier alpha value is -0.0800. The van der Waals surface area contributed by atoms with Crippen LogP contribution in [0.15, 0.2) is 0 Å². The van der Waals surface area contributed by atoms with Gasteiger partial charge in [-0.1, -0.05) is 194 Å². The van der Waals surface area contributed by atoms with Crippen molar-refractivity contribution in [3.8, 4) is 0 Å². The van der Waals surface area contributed by atoms with Crippen molar-refractivity contribution in [3.63, 3.8) is 0 Å². The Morgan fingerprint density at radius 1 is 0.278 bits per heavy atom. The van der Waals surface area contributed by atoms with Crippen molar-refractivity contribution in [2.24, 2.45) is 0 Å². The molecule has 0 atom stereocenters. The predicted octanol–water partition coefficient (Wildman–Crippen LogP) is 12.4. The van der Waals surface area contributed by atoms with Crippen LogP contribution in [0.1, 0.15) is 206 Å². The average Bonchev–Trinajstić information content (AvgIpc) is 2.88. The molecule has 0 fully saturated rings. The summed E-state index contributed by atoms with van der Waals surface area (Å²) in [7, 11) is 0. The Labute approximate surface area is 229 Å². The van der Waals surface area contributed by atoms with Crippen LogP contribution in [0.3, 0.4) is 0 Å². The Bertz CT molecular complexity index is 372. The third-order valence-electron chi connectivity index (χ3n) is 8.04. The highest BCUT2D eigenvalue weighted by Crippen LogP contribution is 2.15. The first-order valence-electron chi connectivity index (χ1n) is 17.2. The molecule has 218 valence electrons. The van der Waals surface area contributed by atoms with E-state index in [-0.39, 0.29) is 0 Å². The quantitative estimate of drug-likeness (QED) is 0.0719. The summed E-state index contributed by atoms with van der Waals surface area (Å²) in [5, 5.41) is 11.7. The molecule has 0 radical (unpaired) electrons. The number of unbranched alkanes of at least 4 members (excludes halogenated alkanes) is 28. The van der Waals surface area contributed by atoms with Gasteiger partial charge in [-0.15, -0.1) is 0 Å². The molecule has 0 saturated heterocycles. The highest BCUT2D eigenvalue weighted by atomic mass is 16.5. The van der Waals surface area contributed by atoms with Crippen molar-refractivity contribution in [2.75, 3.05) is 13.1 Å². The van der Waals surface area contributed by atoms with Crippen molar-refractivity contribution >= 4 is 0 Å². The summed E-state index contributed by atoms with van der Waals surface area (Å²) in [6.45, 7) is 6.33.